The third-order valence-corrected chi connectivity index (χ3v) is 3.84. The second kappa shape index (κ2) is 10.3. The van der Waals surface area contributed by atoms with Gasteiger partial charge < -0.3 is 15.4 Å². The Kier molecular flexibility index (Phi) is 7.76. The molecule has 0 fully saturated rings. The highest BCUT2D eigenvalue weighted by Gasteiger charge is 2.07. The number of benzene rings is 2. The van der Waals surface area contributed by atoms with Crippen LogP contribution in [0.2, 0.25) is 0 Å². The molecule has 0 aliphatic heterocycles. The van der Waals surface area contributed by atoms with Gasteiger partial charge in [0, 0.05) is 36.1 Å². The van der Waals surface area contributed by atoms with Crippen molar-refractivity contribution in [3.63, 3.8) is 0 Å². The molecule has 2 aromatic rings. The molecule has 0 heterocycles. The molecule has 0 atom stereocenters. The van der Waals surface area contributed by atoms with Crippen molar-refractivity contribution in [3.8, 4) is 5.75 Å². The summed E-state index contributed by atoms with van der Waals surface area (Å²) >= 11 is 3.37. The molecule has 0 bridgehead atoms. The number of hydrogen-bond acceptors (Lipinski definition) is 4. The van der Waals surface area contributed by atoms with E-state index in [2.05, 4.69) is 26.6 Å². The van der Waals surface area contributed by atoms with Crippen LogP contribution in [0.25, 0.3) is 6.08 Å². The van der Waals surface area contributed by atoms with Crippen LogP contribution in [0.1, 0.15) is 22.8 Å². The number of esters is 1. The molecule has 27 heavy (non-hydrogen) atoms. The van der Waals surface area contributed by atoms with Crippen LogP contribution in [0.3, 0.4) is 0 Å². The molecule has 2 N–H and O–H groups in total. The second-order valence-electron chi connectivity index (χ2n) is 5.56. The van der Waals surface area contributed by atoms with E-state index in [1.807, 2.05) is 24.3 Å². The SMILES string of the molecule is CC(=O)Oc1cccc(C(=O)NCCNC(=O)/C=C/c2cccc(Br)c2)c1. The Bertz CT molecular complexity index is 865. The Morgan fingerprint density at radius 1 is 1.04 bits per heavy atom. The van der Waals surface area contributed by atoms with E-state index >= 15 is 0 Å². The highest BCUT2D eigenvalue weighted by atomic mass is 79.9. The number of nitrogens with one attached hydrogen (secondary N) is 2. The van der Waals surface area contributed by atoms with Crippen LogP contribution in [0.4, 0.5) is 0 Å². The summed E-state index contributed by atoms with van der Waals surface area (Å²) in [5.41, 5.74) is 1.27. The Morgan fingerprint density at radius 3 is 2.52 bits per heavy atom. The summed E-state index contributed by atoms with van der Waals surface area (Å²) in [7, 11) is 0. The summed E-state index contributed by atoms with van der Waals surface area (Å²) in [5, 5.41) is 5.38. The molecule has 0 saturated carbocycles. The van der Waals surface area contributed by atoms with E-state index in [1.165, 1.54) is 19.1 Å². The number of hydrogen-bond donors (Lipinski definition) is 2. The van der Waals surface area contributed by atoms with Gasteiger partial charge in [-0.3, -0.25) is 14.4 Å². The van der Waals surface area contributed by atoms with E-state index in [0.717, 1.165) is 10.0 Å². The van der Waals surface area contributed by atoms with Crippen molar-refractivity contribution in [2.75, 3.05) is 13.1 Å². The minimum Gasteiger partial charge on any atom is -0.427 e. The van der Waals surface area contributed by atoms with Crippen LogP contribution >= 0.6 is 15.9 Å². The van der Waals surface area contributed by atoms with Crippen molar-refractivity contribution in [1.82, 2.24) is 10.6 Å². The maximum absolute atomic E-state index is 12.1. The summed E-state index contributed by atoms with van der Waals surface area (Å²) < 4.78 is 5.88. The molecule has 6 nitrogen and oxygen atoms in total. The van der Waals surface area contributed by atoms with Crippen molar-refractivity contribution in [2.24, 2.45) is 0 Å². The van der Waals surface area contributed by atoms with E-state index in [1.54, 1.807) is 24.3 Å². The van der Waals surface area contributed by atoms with Gasteiger partial charge in [-0.05, 0) is 42.0 Å². The third kappa shape index (κ3) is 7.45. The van der Waals surface area contributed by atoms with Gasteiger partial charge in [0.25, 0.3) is 5.91 Å². The van der Waals surface area contributed by atoms with Gasteiger partial charge in [0.1, 0.15) is 5.75 Å². The van der Waals surface area contributed by atoms with Crippen LogP contribution < -0.4 is 15.4 Å². The first-order valence-corrected chi connectivity index (χ1v) is 9.01. The average Bonchev–Trinajstić information content (AvgIpc) is 2.63. The first-order valence-electron chi connectivity index (χ1n) is 8.22. The molecule has 0 aliphatic carbocycles. The molecule has 0 aromatic heterocycles. The smallest absolute Gasteiger partial charge is 0.308 e. The van der Waals surface area contributed by atoms with Gasteiger partial charge in [-0.2, -0.15) is 0 Å². The van der Waals surface area contributed by atoms with Crippen molar-refractivity contribution in [3.05, 3.63) is 70.2 Å². The monoisotopic (exact) mass is 430 g/mol. The third-order valence-electron chi connectivity index (χ3n) is 3.34. The van der Waals surface area contributed by atoms with Gasteiger partial charge in [-0.1, -0.05) is 34.1 Å². The number of carbonyl (C=O) groups is 3. The molecular weight excluding hydrogens is 412 g/mol. The summed E-state index contributed by atoms with van der Waals surface area (Å²) in [6.45, 7) is 1.85. The zero-order valence-electron chi connectivity index (χ0n) is 14.7. The lowest BCUT2D eigenvalue weighted by Crippen LogP contribution is -2.34. The maximum Gasteiger partial charge on any atom is 0.308 e. The zero-order valence-corrected chi connectivity index (χ0v) is 16.3. The summed E-state index contributed by atoms with van der Waals surface area (Å²) in [6, 6.07) is 13.9. The molecule has 140 valence electrons. The van der Waals surface area contributed by atoms with E-state index in [0.29, 0.717) is 11.3 Å². The number of halogens is 1. The van der Waals surface area contributed by atoms with Crippen molar-refractivity contribution < 1.29 is 19.1 Å². The first-order chi connectivity index (χ1) is 12.9. The first kappa shape index (κ1) is 20.4. The normalized spacial score (nSPS) is 10.4. The van der Waals surface area contributed by atoms with Crippen LogP contribution in [-0.4, -0.2) is 30.9 Å². The minimum atomic E-state index is -0.453. The summed E-state index contributed by atoms with van der Waals surface area (Å²) in [4.78, 5) is 34.8. The Balaban J connectivity index is 1.75. The predicted molar refractivity (Wildman–Crippen MR) is 106 cm³/mol. The van der Waals surface area contributed by atoms with Crippen molar-refractivity contribution >= 4 is 39.8 Å². The van der Waals surface area contributed by atoms with Crippen molar-refractivity contribution in [1.29, 1.82) is 0 Å². The quantitative estimate of drug-likeness (QED) is 0.306. The van der Waals surface area contributed by atoms with Crippen molar-refractivity contribution in [2.45, 2.75) is 6.92 Å². The predicted octanol–water partition coefficient (Wildman–Crippen LogP) is 2.93. The second-order valence-corrected chi connectivity index (χ2v) is 6.47. The molecule has 7 heteroatoms. The van der Waals surface area contributed by atoms with E-state index in [4.69, 9.17) is 4.74 Å². The molecule has 2 rings (SSSR count). The van der Waals surface area contributed by atoms with E-state index in [-0.39, 0.29) is 24.9 Å². The lowest BCUT2D eigenvalue weighted by molar-refractivity contribution is -0.131. The summed E-state index contributed by atoms with van der Waals surface area (Å²) in [6.07, 6.45) is 3.14. The fourth-order valence-corrected chi connectivity index (χ4v) is 2.59. The molecule has 2 aromatic carbocycles. The highest BCUT2D eigenvalue weighted by molar-refractivity contribution is 9.10. The lowest BCUT2D eigenvalue weighted by Gasteiger charge is -2.07. The van der Waals surface area contributed by atoms with Crippen LogP contribution in [-0.2, 0) is 9.59 Å². The molecule has 2 amide bonds. The van der Waals surface area contributed by atoms with Gasteiger partial charge in [0.05, 0.1) is 0 Å². The van der Waals surface area contributed by atoms with Gasteiger partial charge in [0.15, 0.2) is 0 Å². The van der Waals surface area contributed by atoms with E-state index in [9.17, 15) is 14.4 Å². The molecule has 0 spiro atoms. The number of carbonyl (C=O) groups excluding carboxylic acids is 3. The zero-order chi connectivity index (χ0) is 19.6. The Morgan fingerprint density at radius 2 is 1.78 bits per heavy atom. The van der Waals surface area contributed by atoms with Gasteiger partial charge in [-0.15, -0.1) is 0 Å². The lowest BCUT2D eigenvalue weighted by atomic mass is 10.2. The fraction of sp³-hybridized carbons (Fsp3) is 0.150. The molecule has 0 aliphatic rings. The van der Waals surface area contributed by atoms with Gasteiger partial charge >= 0.3 is 5.97 Å². The average molecular weight is 431 g/mol. The molecule has 0 unspecified atom stereocenters. The van der Waals surface area contributed by atoms with Gasteiger partial charge in [-0.25, -0.2) is 0 Å². The standard InChI is InChI=1S/C20H19BrN2O4/c1-14(24)27-18-7-3-5-16(13-18)20(26)23-11-10-22-19(25)9-8-15-4-2-6-17(21)12-15/h2-9,12-13H,10-11H2,1H3,(H,22,25)(H,23,26)/b9-8+. The molecular formula is C20H19BrN2O4. The highest BCUT2D eigenvalue weighted by Crippen LogP contribution is 2.13. The maximum atomic E-state index is 12.1. The topological polar surface area (TPSA) is 84.5 Å². The molecule has 0 saturated heterocycles. The number of ether oxygens (including phenoxy) is 1. The number of rotatable bonds is 7. The minimum absolute atomic E-state index is 0.249. The van der Waals surface area contributed by atoms with Crippen LogP contribution in [0.15, 0.2) is 59.1 Å². The van der Waals surface area contributed by atoms with E-state index < -0.39 is 5.97 Å². The molecule has 0 radical (unpaired) electrons. The Labute approximate surface area is 165 Å². The Hall–Kier alpha value is -2.93. The van der Waals surface area contributed by atoms with Gasteiger partial charge in [0.2, 0.25) is 5.91 Å². The fourth-order valence-electron chi connectivity index (χ4n) is 2.17. The summed E-state index contributed by atoms with van der Waals surface area (Å²) in [5.74, 6) is -0.712. The largest absolute Gasteiger partial charge is 0.427 e. The van der Waals surface area contributed by atoms with Crippen LogP contribution in [0.5, 0.6) is 5.75 Å². The number of amides is 2. The van der Waals surface area contributed by atoms with Crippen LogP contribution in [0, 0.1) is 0 Å².